The van der Waals surface area contributed by atoms with Crippen molar-refractivity contribution in [3.05, 3.63) is 91.0 Å². The van der Waals surface area contributed by atoms with Crippen LogP contribution >= 0.6 is 0 Å². The number of unbranched alkanes of at least 4 members (excludes halogenated alkanes) is 24. The maximum Gasteiger partial charge on any atom is 0.127 e. The fourth-order valence-corrected chi connectivity index (χ4v) is 18.3. The Kier molecular flexibility index (Phi) is 33.4. The first kappa shape index (κ1) is 79.2. The quantitative estimate of drug-likeness (QED) is 0.0198. The molecule has 5 aliphatic rings. The van der Waals surface area contributed by atoms with E-state index in [1.165, 1.54) is 51.4 Å². The van der Waals surface area contributed by atoms with Gasteiger partial charge in [0, 0.05) is 94.4 Å². The van der Waals surface area contributed by atoms with Crippen molar-refractivity contribution >= 4 is 0 Å². The molecule has 0 saturated carbocycles. The van der Waals surface area contributed by atoms with E-state index in [1.54, 1.807) is 0 Å². The monoisotopic (exact) mass is 1380 g/mol. The predicted molar refractivity (Wildman–Crippen MR) is 413 cm³/mol. The second kappa shape index (κ2) is 42.2. The van der Waals surface area contributed by atoms with Gasteiger partial charge in [-0.2, -0.15) is 0 Å². The SMILES string of the molecule is CCCCCCCCCC1c2cc(c(O)c(CN3CCCCC3)c2O)C(CCCCCCCCC)c2cc(c(O)c(CN3CCCCC3)c2O)C(CCCCCCCCC)c2cc(c(O)c(CN3CCCCC3)c2O)C(CCCCCCCCC)c2cc1c(O)c(CN1CCCCC1)c2O. The van der Waals surface area contributed by atoms with Crippen LogP contribution < -0.4 is 0 Å². The van der Waals surface area contributed by atoms with Crippen LogP contribution in [-0.4, -0.2) is 113 Å². The number of benzene rings is 4. The number of rotatable bonds is 40. The summed E-state index contributed by atoms with van der Waals surface area (Å²) in [5, 5.41) is 110. The topological polar surface area (TPSA) is 175 Å². The molecular weight excluding hydrogens is 1240 g/mol. The number of likely N-dealkylation sites (tertiary alicyclic amines) is 4. The Bertz CT molecular complexity index is 2550. The first-order valence-corrected chi connectivity index (χ1v) is 42.1. The summed E-state index contributed by atoms with van der Waals surface area (Å²) in [6.07, 6.45) is 45.2. The van der Waals surface area contributed by atoms with Gasteiger partial charge in [-0.25, -0.2) is 0 Å². The number of phenolic OH excluding ortho intramolecular Hbond substituents is 8. The van der Waals surface area contributed by atoms with Gasteiger partial charge in [-0.1, -0.05) is 233 Å². The van der Waals surface area contributed by atoms with Crippen molar-refractivity contribution in [3.8, 4) is 46.0 Å². The van der Waals surface area contributed by atoms with Crippen molar-refractivity contribution < 1.29 is 40.9 Å². The first-order chi connectivity index (χ1) is 48.9. The lowest BCUT2D eigenvalue weighted by atomic mass is 9.74. The molecule has 4 fully saturated rings. The molecule has 4 aliphatic heterocycles. The van der Waals surface area contributed by atoms with Gasteiger partial charge in [0.2, 0.25) is 0 Å². The first-order valence-electron chi connectivity index (χ1n) is 42.1. The highest BCUT2D eigenvalue weighted by molar-refractivity contribution is 5.68. The van der Waals surface area contributed by atoms with Gasteiger partial charge in [0.25, 0.3) is 0 Å². The summed E-state index contributed by atoms with van der Waals surface area (Å²) < 4.78 is 0. The molecule has 12 heteroatoms. The maximum atomic E-state index is 13.7. The van der Waals surface area contributed by atoms with E-state index in [2.05, 4.69) is 71.6 Å². The van der Waals surface area contributed by atoms with E-state index in [-0.39, 0.29) is 46.0 Å². The summed E-state index contributed by atoms with van der Waals surface area (Å²) >= 11 is 0. The van der Waals surface area contributed by atoms with Crippen LogP contribution in [0.3, 0.4) is 0 Å². The third-order valence-electron chi connectivity index (χ3n) is 24.4. The fourth-order valence-electron chi connectivity index (χ4n) is 18.3. The smallest absolute Gasteiger partial charge is 0.127 e. The van der Waals surface area contributed by atoms with Gasteiger partial charge in [0.15, 0.2) is 0 Å². The van der Waals surface area contributed by atoms with Crippen LogP contribution in [0.25, 0.3) is 0 Å². The number of phenols is 8. The molecule has 4 aromatic carbocycles. The molecule has 0 unspecified atom stereocenters. The fraction of sp³-hybridized carbons (Fsp3) is 0.727. The summed E-state index contributed by atoms with van der Waals surface area (Å²) in [4.78, 5) is 9.51. The highest BCUT2D eigenvalue weighted by atomic mass is 16.3. The van der Waals surface area contributed by atoms with Crippen LogP contribution in [0.5, 0.6) is 46.0 Å². The van der Waals surface area contributed by atoms with Crippen molar-refractivity contribution in [2.75, 3.05) is 52.4 Å². The lowest BCUT2D eigenvalue weighted by molar-refractivity contribution is 0.215. The van der Waals surface area contributed by atoms with Gasteiger partial charge < -0.3 is 40.9 Å². The van der Waals surface area contributed by atoms with Crippen LogP contribution in [0.15, 0.2) is 24.3 Å². The Hall–Kier alpha value is -4.88. The Balaban J connectivity index is 1.41. The van der Waals surface area contributed by atoms with Crippen molar-refractivity contribution in [2.45, 2.75) is 360 Å². The van der Waals surface area contributed by atoms with E-state index in [0.717, 1.165) is 258 Å². The van der Waals surface area contributed by atoms with Crippen LogP contribution in [-0.2, 0) is 26.2 Å². The normalized spacial score (nSPS) is 19.8. The molecule has 0 amide bonds. The molecule has 0 spiro atoms. The van der Waals surface area contributed by atoms with Gasteiger partial charge in [-0.05, 0) is 154 Å². The molecule has 8 N–H and O–H groups in total. The molecule has 8 bridgehead atoms. The summed E-state index contributed by atoms with van der Waals surface area (Å²) in [5.74, 6) is -2.03. The van der Waals surface area contributed by atoms with Crippen molar-refractivity contribution in [1.82, 2.24) is 19.6 Å². The minimum Gasteiger partial charge on any atom is -0.507 e. The van der Waals surface area contributed by atoms with Gasteiger partial charge in [0.1, 0.15) is 46.0 Å². The van der Waals surface area contributed by atoms with E-state index in [4.69, 9.17) is 0 Å². The van der Waals surface area contributed by atoms with Crippen LogP contribution in [0.4, 0.5) is 0 Å². The molecule has 4 aromatic rings. The standard InChI is InChI=1S/C88H140N4O8/c1-5-9-13-17-21-25-33-45-65-69-57-71(83(95)77(81(69)93)61-89-49-37-29-38-50-89)66(46-34-26-22-18-14-10-6-2)73-59-75(87(99)79(85(73)97)63-91-53-41-31-42-54-91)68(48-36-28-24-20-16-12-8-4)76-60-74(86(98)80(88(76)100)64-92-55-43-32-44-56-92)67(47-35-27-23-19-15-11-7-3)72-58-70(65)82(94)78(84(72)96)62-90-51-39-30-40-52-90/h57-60,65-68,93-100H,5-56,61-64H2,1-4H3. The van der Waals surface area contributed by atoms with Gasteiger partial charge in [0.05, 0.1) is 22.3 Å². The van der Waals surface area contributed by atoms with E-state index >= 15 is 0 Å². The number of hydrogen-bond donors (Lipinski definition) is 8. The van der Waals surface area contributed by atoms with Crippen LogP contribution in [0, 0.1) is 0 Å². The van der Waals surface area contributed by atoms with Crippen LogP contribution in [0.1, 0.15) is 401 Å². The Labute approximate surface area is 606 Å². The lowest BCUT2D eigenvalue weighted by Crippen LogP contribution is -2.30. The molecule has 560 valence electrons. The molecule has 12 nitrogen and oxygen atoms in total. The second-order valence-electron chi connectivity index (χ2n) is 32.1. The summed E-state index contributed by atoms with van der Waals surface area (Å²) in [5.41, 5.74) is 7.04. The minimum absolute atomic E-state index is 0.0427. The second-order valence-corrected chi connectivity index (χ2v) is 32.1. The van der Waals surface area contributed by atoms with Crippen molar-refractivity contribution in [2.24, 2.45) is 0 Å². The molecule has 1 aliphatic carbocycles. The molecule has 4 saturated heterocycles. The Morgan fingerprint density at radius 2 is 0.370 bits per heavy atom. The molecule has 4 heterocycles. The Morgan fingerprint density at radius 3 is 0.530 bits per heavy atom. The van der Waals surface area contributed by atoms with Gasteiger partial charge in [-0.15, -0.1) is 0 Å². The summed E-state index contributed by atoms with van der Waals surface area (Å²) in [6, 6.07) is 8.28. The third-order valence-corrected chi connectivity index (χ3v) is 24.4. The Morgan fingerprint density at radius 1 is 0.220 bits per heavy atom. The number of piperidine rings is 4. The lowest BCUT2D eigenvalue weighted by Gasteiger charge is -2.34. The average Bonchev–Trinajstić information content (AvgIpc) is 0.739. The van der Waals surface area contributed by atoms with E-state index < -0.39 is 23.7 Å². The van der Waals surface area contributed by atoms with Crippen molar-refractivity contribution in [3.63, 3.8) is 0 Å². The molecule has 0 atom stereocenters. The van der Waals surface area contributed by atoms with Crippen LogP contribution in [0.2, 0.25) is 0 Å². The molecule has 9 rings (SSSR count). The molecular formula is C88H140N4O8. The van der Waals surface area contributed by atoms with E-state index in [1.807, 2.05) is 0 Å². The summed E-state index contributed by atoms with van der Waals surface area (Å²) in [7, 11) is 0. The number of aromatic hydroxyl groups is 8. The molecule has 0 aromatic heterocycles. The predicted octanol–water partition coefficient (Wildman–Crippen LogP) is 22.7. The number of fused-ring (bicyclic) bond motifs is 8. The largest absolute Gasteiger partial charge is 0.507 e. The highest BCUT2D eigenvalue weighted by Gasteiger charge is 2.39. The zero-order valence-corrected chi connectivity index (χ0v) is 63.6. The zero-order chi connectivity index (χ0) is 70.6. The van der Waals surface area contributed by atoms with Gasteiger partial charge >= 0.3 is 0 Å². The maximum absolute atomic E-state index is 13.7. The summed E-state index contributed by atoms with van der Waals surface area (Å²) in [6.45, 7) is 17.1. The molecule has 0 radical (unpaired) electrons. The highest BCUT2D eigenvalue weighted by Crippen LogP contribution is 2.57. The van der Waals surface area contributed by atoms with E-state index in [9.17, 15) is 40.9 Å². The number of hydrogen-bond acceptors (Lipinski definition) is 12. The minimum atomic E-state index is -0.593. The van der Waals surface area contributed by atoms with Crippen molar-refractivity contribution in [1.29, 1.82) is 0 Å². The zero-order valence-electron chi connectivity index (χ0n) is 63.6. The molecule has 100 heavy (non-hydrogen) atoms. The van der Waals surface area contributed by atoms with E-state index in [0.29, 0.717) is 119 Å². The van der Waals surface area contributed by atoms with Gasteiger partial charge in [-0.3, -0.25) is 19.6 Å². The average molecular weight is 1380 g/mol. The number of nitrogens with zero attached hydrogens (tertiary/aromatic N) is 4. The third kappa shape index (κ3) is 21.6.